The Bertz CT molecular complexity index is 820. The molecule has 3 nitrogen and oxygen atoms in total. The molecule has 0 saturated heterocycles. The third-order valence-corrected chi connectivity index (χ3v) is 4.37. The first kappa shape index (κ1) is 17.6. The highest BCUT2D eigenvalue weighted by molar-refractivity contribution is 6.30. The minimum absolute atomic E-state index is 0.160. The maximum absolute atomic E-state index is 12.6. The van der Waals surface area contributed by atoms with Gasteiger partial charge >= 0.3 is 6.36 Å². The number of rotatable bonds is 3. The standard InChI is InChI=1S/C18H15ClF3NO2/c1-11-8-14(19)4-2-13(11)9-17(24)23-7-6-12-3-5-15(10-16(12)23)25-18(20,21)22/h2-5,8,10H,6-7,9H2,1H3. The van der Waals surface area contributed by atoms with Gasteiger partial charge in [0.25, 0.3) is 0 Å². The minimum atomic E-state index is -4.76. The van der Waals surface area contributed by atoms with Gasteiger partial charge in [-0.15, -0.1) is 13.2 Å². The molecule has 0 fully saturated rings. The number of halogens is 4. The van der Waals surface area contributed by atoms with Gasteiger partial charge in [0.05, 0.1) is 12.1 Å². The summed E-state index contributed by atoms with van der Waals surface area (Å²) in [6.45, 7) is 2.30. The van der Waals surface area contributed by atoms with Crippen LogP contribution in [0.3, 0.4) is 0 Å². The van der Waals surface area contributed by atoms with Crippen molar-refractivity contribution >= 4 is 23.2 Å². The number of carbonyl (C=O) groups is 1. The summed E-state index contributed by atoms with van der Waals surface area (Å²) >= 11 is 5.92. The Labute approximate surface area is 148 Å². The number of aryl methyl sites for hydroxylation is 1. The number of hydrogen-bond donors (Lipinski definition) is 0. The highest BCUT2D eigenvalue weighted by Crippen LogP contribution is 2.34. The number of nitrogens with zero attached hydrogens (tertiary/aromatic N) is 1. The van der Waals surface area contributed by atoms with Gasteiger partial charge < -0.3 is 9.64 Å². The smallest absolute Gasteiger partial charge is 0.406 e. The largest absolute Gasteiger partial charge is 0.573 e. The van der Waals surface area contributed by atoms with Crippen LogP contribution in [0.5, 0.6) is 5.75 Å². The zero-order chi connectivity index (χ0) is 18.2. The van der Waals surface area contributed by atoms with E-state index in [0.29, 0.717) is 23.7 Å². The summed E-state index contributed by atoms with van der Waals surface area (Å²) in [4.78, 5) is 14.1. The van der Waals surface area contributed by atoms with Gasteiger partial charge in [0, 0.05) is 17.6 Å². The zero-order valence-electron chi connectivity index (χ0n) is 13.4. The molecule has 0 spiro atoms. The van der Waals surface area contributed by atoms with Crippen LogP contribution >= 0.6 is 11.6 Å². The Morgan fingerprint density at radius 3 is 2.68 bits per heavy atom. The predicted octanol–water partition coefficient (Wildman–Crippen LogP) is 4.68. The van der Waals surface area contributed by atoms with Crippen molar-refractivity contribution in [2.24, 2.45) is 0 Å². The van der Waals surface area contributed by atoms with E-state index in [2.05, 4.69) is 4.74 Å². The predicted molar refractivity (Wildman–Crippen MR) is 89.1 cm³/mol. The van der Waals surface area contributed by atoms with Crippen molar-refractivity contribution in [3.8, 4) is 5.75 Å². The van der Waals surface area contributed by atoms with E-state index in [-0.39, 0.29) is 18.1 Å². The van der Waals surface area contributed by atoms with E-state index in [0.717, 1.165) is 16.7 Å². The first-order valence-electron chi connectivity index (χ1n) is 7.67. The van der Waals surface area contributed by atoms with E-state index >= 15 is 0 Å². The van der Waals surface area contributed by atoms with Gasteiger partial charge in [0.2, 0.25) is 5.91 Å². The molecule has 1 amide bonds. The van der Waals surface area contributed by atoms with Gasteiger partial charge in [-0.05, 0) is 48.2 Å². The van der Waals surface area contributed by atoms with Crippen LogP contribution in [0.1, 0.15) is 16.7 Å². The number of benzene rings is 2. The molecule has 1 aliphatic heterocycles. The van der Waals surface area contributed by atoms with Crippen molar-refractivity contribution in [1.82, 2.24) is 0 Å². The molecule has 0 atom stereocenters. The summed E-state index contributed by atoms with van der Waals surface area (Å²) in [6, 6.07) is 9.38. The van der Waals surface area contributed by atoms with Crippen LogP contribution in [0.15, 0.2) is 36.4 Å². The van der Waals surface area contributed by atoms with Crippen molar-refractivity contribution in [3.05, 3.63) is 58.1 Å². The lowest BCUT2D eigenvalue weighted by Crippen LogP contribution is -2.30. The molecular weight excluding hydrogens is 355 g/mol. The van der Waals surface area contributed by atoms with Crippen LogP contribution in [0, 0.1) is 6.92 Å². The molecule has 0 aromatic heterocycles. The summed E-state index contributed by atoms with van der Waals surface area (Å²) in [7, 11) is 0. The van der Waals surface area contributed by atoms with Crippen LogP contribution in [0.4, 0.5) is 18.9 Å². The number of anilines is 1. The number of amides is 1. The molecule has 25 heavy (non-hydrogen) atoms. The highest BCUT2D eigenvalue weighted by atomic mass is 35.5. The highest BCUT2D eigenvalue weighted by Gasteiger charge is 2.32. The van der Waals surface area contributed by atoms with E-state index in [1.807, 2.05) is 6.92 Å². The Morgan fingerprint density at radius 2 is 2.00 bits per heavy atom. The molecule has 0 unspecified atom stereocenters. The second-order valence-corrected chi connectivity index (χ2v) is 6.32. The number of carbonyl (C=O) groups excluding carboxylic acids is 1. The monoisotopic (exact) mass is 369 g/mol. The van der Waals surface area contributed by atoms with Crippen molar-refractivity contribution in [2.75, 3.05) is 11.4 Å². The Morgan fingerprint density at radius 1 is 1.24 bits per heavy atom. The van der Waals surface area contributed by atoms with E-state index < -0.39 is 6.36 Å². The number of ether oxygens (including phenoxy) is 1. The molecular formula is C18H15ClF3NO2. The minimum Gasteiger partial charge on any atom is -0.406 e. The molecule has 3 rings (SSSR count). The van der Waals surface area contributed by atoms with Gasteiger partial charge in [-0.3, -0.25) is 4.79 Å². The molecule has 0 saturated carbocycles. The lowest BCUT2D eigenvalue weighted by molar-refractivity contribution is -0.274. The normalized spacial score (nSPS) is 13.7. The van der Waals surface area contributed by atoms with Crippen LogP contribution in [0.2, 0.25) is 5.02 Å². The van der Waals surface area contributed by atoms with Gasteiger partial charge in [-0.25, -0.2) is 0 Å². The summed E-state index contributed by atoms with van der Waals surface area (Å²) < 4.78 is 41.2. The second kappa shape index (κ2) is 6.59. The average Bonchev–Trinajstić information content (AvgIpc) is 2.91. The SMILES string of the molecule is Cc1cc(Cl)ccc1CC(=O)N1CCc2ccc(OC(F)(F)F)cc21. The topological polar surface area (TPSA) is 29.5 Å². The average molecular weight is 370 g/mol. The molecule has 1 heterocycles. The molecule has 2 aromatic carbocycles. The molecule has 0 N–H and O–H groups in total. The van der Waals surface area contributed by atoms with E-state index in [4.69, 9.17) is 11.6 Å². The first-order chi connectivity index (χ1) is 11.7. The number of fused-ring (bicyclic) bond motifs is 1. The van der Waals surface area contributed by atoms with Crippen LogP contribution < -0.4 is 9.64 Å². The maximum atomic E-state index is 12.6. The third kappa shape index (κ3) is 4.07. The lowest BCUT2D eigenvalue weighted by atomic mass is 10.1. The summed E-state index contributed by atoms with van der Waals surface area (Å²) in [5.41, 5.74) is 3.04. The van der Waals surface area contributed by atoms with Crippen LogP contribution in [-0.2, 0) is 17.6 Å². The lowest BCUT2D eigenvalue weighted by Gasteiger charge is -2.19. The summed E-state index contributed by atoms with van der Waals surface area (Å²) in [6.07, 6.45) is -4.00. The van der Waals surface area contributed by atoms with E-state index in [1.165, 1.54) is 17.0 Å². The van der Waals surface area contributed by atoms with E-state index in [9.17, 15) is 18.0 Å². The Balaban J connectivity index is 1.81. The third-order valence-electron chi connectivity index (χ3n) is 4.13. The first-order valence-corrected chi connectivity index (χ1v) is 8.05. The fourth-order valence-electron chi connectivity index (χ4n) is 2.93. The van der Waals surface area contributed by atoms with Crippen LogP contribution in [0.25, 0.3) is 0 Å². The molecule has 2 aromatic rings. The second-order valence-electron chi connectivity index (χ2n) is 5.88. The van der Waals surface area contributed by atoms with Gasteiger partial charge in [0.15, 0.2) is 0 Å². The molecule has 7 heteroatoms. The fraction of sp³-hybridized carbons (Fsp3) is 0.278. The van der Waals surface area contributed by atoms with Crippen molar-refractivity contribution in [3.63, 3.8) is 0 Å². The molecule has 0 aliphatic carbocycles. The van der Waals surface area contributed by atoms with Gasteiger partial charge in [0.1, 0.15) is 5.75 Å². The Kier molecular flexibility index (Phi) is 4.64. The quantitative estimate of drug-likeness (QED) is 0.786. The van der Waals surface area contributed by atoms with Crippen LogP contribution in [-0.4, -0.2) is 18.8 Å². The van der Waals surface area contributed by atoms with Crippen molar-refractivity contribution in [2.45, 2.75) is 26.1 Å². The summed E-state index contributed by atoms with van der Waals surface area (Å²) in [5.74, 6) is -0.498. The number of alkyl halides is 3. The zero-order valence-corrected chi connectivity index (χ0v) is 14.1. The Hall–Kier alpha value is -2.21. The molecule has 0 radical (unpaired) electrons. The maximum Gasteiger partial charge on any atom is 0.573 e. The van der Waals surface area contributed by atoms with Crippen molar-refractivity contribution in [1.29, 1.82) is 0 Å². The van der Waals surface area contributed by atoms with Gasteiger partial charge in [-0.2, -0.15) is 0 Å². The number of hydrogen-bond acceptors (Lipinski definition) is 2. The van der Waals surface area contributed by atoms with Gasteiger partial charge in [-0.1, -0.05) is 23.7 Å². The molecule has 1 aliphatic rings. The van der Waals surface area contributed by atoms with E-state index in [1.54, 1.807) is 24.3 Å². The summed E-state index contributed by atoms with van der Waals surface area (Å²) in [5, 5.41) is 0.592. The fourth-order valence-corrected chi connectivity index (χ4v) is 3.16. The van der Waals surface area contributed by atoms with Crippen molar-refractivity contribution < 1.29 is 22.7 Å². The molecule has 0 bridgehead atoms. The molecule has 132 valence electrons.